The highest BCUT2D eigenvalue weighted by Gasteiger charge is 2.20. The average molecular weight is 293 g/mol. The van der Waals surface area contributed by atoms with Crippen LogP contribution in [-0.4, -0.2) is 36.1 Å². The maximum Gasteiger partial charge on any atom is 0.311 e. The monoisotopic (exact) mass is 293 g/mol. The van der Waals surface area contributed by atoms with E-state index in [1.165, 1.54) is 18.9 Å². The fourth-order valence-electron chi connectivity index (χ4n) is 2.75. The largest absolute Gasteiger partial charge is 0.378 e. The third-order valence-electron chi connectivity index (χ3n) is 3.78. The Morgan fingerprint density at radius 3 is 2.95 bits per heavy atom. The van der Waals surface area contributed by atoms with Crippen LogP contribution < -0.4 is 16.0 Å². The van der Waals surface area contributed by atoms with Crippen molar-refractivity contribution in [2.45, 2.75) is 26.2 Å². The number of anilines is 2. The first-order chi connectivity index (χ1) is 10.1. The molecule has 0 spiro atoms. The smallest absolute Gasteiger partial charge is 0.311 e. The summed E-state index contributed by atoms with van der Waals surface area (Å²) in [6, 6.07) is 3.14. The van der Waals surface area contributed by atoms with Gasteiger partial charge in [0, 0.05) is 19.2 Å². The molecule has 21 heavy (non-hydrogen) atoms. The number of rotatable bonds is 6. The Hall–Kier alpha value is -1.89. The lowest BCUT2D eigenvalue weighted by Gasteiger charge is -2.30. The van der Waals surface area contributed by atoms with Crippen molar-refractivity contribution in [1.29, 1.82) is 0 Å². The van der Waals surface area contributed by atoms with Gasteiger partial charge in [-0.15, -0.1) is 0 Å². The zero-order valence-electron chi connectivity index (χ0n) is 12.4. The summed E-state index contributed by atoms with van der Waals surface area (Å²) in [4.78, 5) is 16.7. The van der Waals surface area contributed by atoms with E-state index in [1.54, 1.807) is 6.07 Å². The summed E-state index contributed by atoms with van der Waals surface area (Å²) in [5.74, 6) is 1.30. The number of nitrogens with one attached hydrogen (secondary N) is 1. The van der Waals surface area contributed by atoms with Crippen LogP contribution in [0.4, 0.5) is 17.3 Å². The van der Waals surface area contributed by atoms with Crippen LogP contribution in [0.5, 0.6) is 0 Å². The molecule has 0 amide bonds. The van der Waals surface area contributed by atoms with Crippen molar-refractivity contribution in [3.63, 3.8) is 0 Å². The van der Waals surface area contributed by atoms with Crippen LogP contribution in [0.25, 0.3) is 0 Å². The molecule has 0 aliphatic carbocycles. The molecule has 3 N–H and O–H groups in total. The zero-order chi connectivity index (χ0) is 15.2. The fraction of sp³-hybridized carbons (Fsp3) is 0.643. The van der Waals surface area contributed by atoms with Crippen LogP contribution in [0, 0.1) is 16.0 Å². The Morgan fingerprint density at radius 2 is 2.38 bits per heavy atom. The molecule has 1 aromatic heterocycles. The molecule has 116 valence electrons. The lowest BCUT2D eigenvalue weighted by atomic mass is 9.99. The standard InChI is InChI=1S/C14H23N5O2/c1-2-8-18(10-11-4-3-7-16-9-11)13-6-5-12(19(20)21)14(15)17-13/h5-6,11,16H,2-4,7-10H2,1H3,(H2,15,17). The van der Waals surface area contributed by atoms with Crippen LogP contribution in [-0.2, 0) is 0 Å². The van der Waals surface area contributed by atoms with E-state index in [4.69, 9.17) is 5.73 Å². The van der Waals surface area contributed by atoms with Gasteiger partial charge in [-0.3, -0.25) is 10.1 Å². The third-order valence-corrected chi connectivity index (χ3v) is 3.78. The minimum atomic E-state index is -0.499. The Morgan fingerprint density at radius 1 is 1.57 bits per heavy atom. The number of piperidine rings is 1. The van der Waals surface area contributed by atoms with E-state index in [2.05, 4.69) is 22.1 Å². The molecule has 0 aromatic carbocycles. The van der Waals surface area contributed by atoms with Gasteiger partial charge < -0.3 is 16.0 Å². The molecule has 1 atom stereocenters. The number of nitrogens with two attached hydrogens (primary N) is 1. The van der Waals surface area contributed by atoms with Gasteiger partial charge in [-0.2, -0.15) is 0 Å². The second kappa shape index (κ2) is 7.21. The molecule has 1 aliphatic rings. The highest BCUT2D eigenvalue weighted by atomic mass is 16.6. The number of nitro groups is 1. The molecule has 1 fully saturated rings. The van der Waals surface area contributed by atoms with E-state index in [9.17, 15) is 10.1 Å². The second-order valence-corrected chi connectivity index (χ2v) is 5.49. The first kappa shape index (κ1) is 15.5. The number of nitrogen functional groups attached to an aromatic ring is 1. The minimum absolute atomic E-state index is 0.0135. The molecule has 0 radical (unpaired) electrons. The molecule has 0 bridgehead atoms. The molecular formula is C14H23N5O2. The summed E-state index contributed by atoms with van der Waals surface area (Å²) < 4.78 is 0. The highest BCUT2D eigenvalue weighted by molar-refractivity contribution is 5.58. The van der Waals surface area contributed by atoms with Crippen LogP contribution in [0.1, 0.15) is 26.2 Å². The van der Waals surface area contributed by atoms with Crippen LogP contribution in [0.2, 0.25) is 0 Å². The van der Waals surface area contributed by atoms with E-state index >= 15 is 0 Å². The van der Waals surface area contributed by atoms with Gasteiger partial charge in [0.1, 0.15) is 5.82 Å². The Labute approximate surface area is 124 Å². The zero-order valence-corrected chi connectivity index (χ0v) is 12.4. The molecule has 7 nitrogen and oxygen atoms in total. The summed E-state index contributed by atoms with van der Waals surface area (Å²) >= 11 is 0. The molecular weight excluding hydrogens is 270 g/mol. The van der Waals surface area contributed by atoms with Gasteiger partial charge in [-0.25, -0.2) is 4.98 Å². The average Bonchev–Trinajstić information content (AvgIpc) is 2.47. The predicted molar refractivity (Wildman–Crippen MR) is 83.4 cm³/mol. The van der Waals surface area contributed by atoms with E-state index in [1.807, 2.05) is 0 Å². The SMILES string of the molecule is CCCN(CC1CCCNC1)c1ccc([N+](=O)[O-])c(N)n1. The van der Waals surface area contributed by atoms with Crippen molar-refractivity contribution in [3.05, 3.63) is 22.2 Å². The van der Waals surface area contributed by atoms with Gasteiger partial charge >= 0.3 is 5.69 Å². The van der Waals surface area contributed by atoms with Gasteiger partial charge in [-0.1, -0.05) is 6.92 Å². The number of nitrogens with zero attached hydrogens (tertiary/aromatic N) is 3. The van der Waals surface area contributed by atoms with Gasteiger partial charge in [-0.05, 0) is 44.3 Å². The first-order valence-electron chi connectivity index (χ1n) is 7.48. The van der Waals surface area contributed by atoms with E-state index in [-0.39, 0.29) is 11.5 Å². The van der Waals surface area contributed by atoms with Gasteiger partial charge in [0.25, 0.3) is 0 Å². The maximum atomic E-state index is 10.8. The summed E-state index contributed by atoms with van der Waals surface area (Å²) in [5, 5.41) is 14.2. The van der Waals surface area contributed by atoms with Crippen LogP contribution in [0.3, 0.4) is 0 Å². The summed E-state index contributed by atoms with van der Waals surface area (Å²) in [6.45, 7) is 6.00. The maximum absolute atomic E-state index is 10.8. The molecule has 2 heterocycles. The molecule has 1 aromatic rings. The fourth-order valence-corrected chi connectivity index (χ4v) is 2.75. The first-order valence-corrected chi connectivity index (χ1v) is 7.48. The number of hydrogen-bond donors (Lipinski definition) is 2. The number of pyridine rings is 1. The van der Waals surface area contributed by atoms with E-state index in [0.717, 1.165) is 38.4 Å². The second-order valence-electron chi connectivity index (χ2n) is 5.49. The quantitative estimate of drug-likeness (QED) is 0.613. The Kier molecular flexibility index (Phi) is 5.32. The molecule has 1 saturated heterocycles. The van der Waals surface area contributed by atoms with Crippen molar-refractivity contribution in [3.8, 4) is 0 Å². The highest BCUT2D eigenvalue weighted by Crippen LogP contribution is 2.24. The molecule has 1 aliphatic heterocycles. The number of hydrogen-bond acceptors (Lipinski definition) is 6. The van der Waals surface area contributed by atoms with Crippen molar-refractivity contribution in [1.82, 2.24) is 10.3 Å². The van der Waals surface area contributed by atoms with Gasteiger partial charge in [0.15, 0.2) is 0 Å². The van der Waals surface area contributed by atoms with E-state index < -0.39 is 4.92 Å². The topological polar surface area (TPSA) is 97.3 Å². The van der Waals surface area contributed by atoms with Gasteiger partial charge in [0.05, 0.1) is 4.92 Å². The van der Waals surface area contributed by atoms with Gasteiger partial charge in [0.2, 0.25) is 5.82 Å². The Bertz CT molecular complexity index is 488. The van der Waals surface area contributed by atoms with Crippen LogP contribution >= 0.6 is 0 Å². The normalized spacial score (nSPS) is 18.4. The van der Waals surface area contributed by atoms with Crippen molar-refractivity contribution >= 4 is 17.3 Å². The molecule has 7 heteroatoms. The molecule has 2 rings (SSSR count). The third kappa shape index (κ3) is 4.04. The molecule has 1 unspecified atom stereocenters. The summed E-state index contributed by atoms with van der Waals surface area (Å²) in [6.07, 6.45) is 3.40. The molecule has 0 saturated carbocycles. The van der Waals surface area contributed by atoms with Crippen molar-refractivity contribution in [2.75, 3.05) is 36.8 Å². The summed E-state index contributed by atoms with van der Waals surface area (Å²) in [7, 11) is 0. The minimum Gasteiger partial charge on any atom is -0.378 e. The predicted octanol–water partition coefficient (Wildman–Crippen LogP) is 1.79. The number of aromatic nitrogens is 1. The van der Waals surface area contributed by atoms with E-state index in [0.29, 0.717) is 5.92 Å². The lowest BCUT2D eigenvalue weighted by molar-refractivity contribution is -0.384. The Balaban J connectivity index is 2.13. The lowest BCUT2D eigenvalue weighted by Crippen LogP contribution is -2.39. The summed E-state index contributed by atoms with van der Waals surface area (Å²) in [5.41, 5.74) is 5.57. The van der Waals surface area contributed by atoms with Crippen molar-refractivity contribution < 1.29 is 4.92 Å². The van der Waals surface area contributed by atoms with Crippen LogP contribution in [0.15, 0.2) is 12.1 Å². The van der Waals surface area contributed by atoms with Crippen molar-refractivity contribution in [2.24, 2.45) is 5.92 Å².